The Morgan fingerprint density at radius 3 is 2.55 bits per heavy atom. The number of nitrogens with zero attached hydrogens (tertiary/aromatic N) is 2. The number of nitrogens with one attached hydrogen (secondary N) is 2. The minimum atomic E-state index is -0.224. The highest BCUT2D eigenvalue weighted by atomic mass is 16.5. The molecule has 7 heteroatoms. The summed E-state index contributed by atoms with van der Waals surface area (Å²) < 4.78 is 9.90. The molecule has 0 spiro atoms. The highest BCUT2D eigenvalue weighted by Gasteiger charge is 2.05. The zero-order valence-electron chi connectivity index (χ0n) is 12.2. The summed E-state index contributed by atoms with van der Waals surface area (Å²) in [4.78, 5) is 19.9. The van der Waals surface area contributed by atoms with Gasteiger partial charge in [0.25, 0.3) is 0 Å². The van der Waals surface area contributed by atoms with Crippen LogP contribution in [0.2, 0.25) is 0 Å². The fourth-order valence-corrected chi connectivity index (χ4v) is 1.58. The van der Waals surface area contributed by atoms with Crippen LogP contribution < -0.4 is 10.6 Å². The second kappa shape index (κ2) is 9.08. The molecule has 0 aliphatic carbocycles. The van der Waals surface area contributed by atoms with Crippen LogP contribution >= 0.6 is 0 Å². The fourth-order valence-electron chi connectivity index (χ4n) is 1.58. The van der Waals surface area contributed by atoms with Crippen LogP contribution in [-0.2, 0) is 20.9 Å². The molecule has 0 amide bonds. The standard InChI is InChI=1S/C13H22N4O3/c1-4-14-10-8-11(17-12(16-10)9-19-3)15-7-6-13(18)20-5-2/h8H,4-7,9H2,1-3H3,(H2,14,15,16,17). The van der Waals surface area contributed by atoms with E-state index < -0.39 is 0 Å². The Labute approximate surface area is 119 Å². The van der Waals surface area contributed by atoms with E-state index in [1.54, 1.807) is 20.1 Å². The lowest BCUT2D eigenvalue weighted by atomic mass is 10.4. The Balaban J connectivity index is 2.60. The van der Waals surface area contributed by atoms with Gasteiger partial charge >= 0.3 is 5.97 Å². The fraction of sp³-hybridized carbons (Fsp3) is 0.615. The van der Waals surface area contributed by atoms with Crippen molar-refractivity contribution in [1.82, 2.24) is 9.97 Å². The molecule has 1 aromatic heterocycles. The average molecular weight is 282 g/mol. The van der Waals surface area contributed by atoms with Crippen molar-refractivity contribution in [2.24, 2.45) is 0 Å². The predicted molar refractivity (Wildman–Crippen MR) is 76.6 cm³/mol. The van der Waals surface area contributed by atoms with Gasteiger partial charge in [0.2, 0.25) is 0 Å². The van der Waals surface area contributed by atoms with Crippen LogP contribution in [0.25, 0.3) is 0 Å². The second-order valence-electron chi connectivity index (χ2n) is 4.00. The van der Waals surface area contributed by atoms with Crippen molar-refractivity contribution in [2.75, 3.05) is 37.4 Å². The van der Waals surface area contributed by atoms with E-state index >= 15 is 0 Å². The number of anilines is 2. The third-order valence-corrected chi connectivity index (χ3v) is 2.34. The number of hydrogen-bond acceptors (Lipinski definition) is 7. The minimum Gasteiger partial charge on any atom is -0.466 e. The molecule has 1 aromatic rings. The first kappa shape index (κ1) is 16.2. The lowest BCUT2D eigenvalue weighted by Gasteiger charge is -2.10. The molecule has 2 N–H and O–H groups in total. The van der Waals surface area contributed by atoms with Crippen LogP contribution in [-0.4, -0.2) is 42.7 Å². The summed E-state index contributed by atoms with van der Waals surface area (Å²) in [6.45, 7) is 5.75. The highest BCUT2D eigenvalue weighted by Crippen LogP contribution is 2.12. The average Bonchev–Trinajstić information content (AvgIpc) is 2.39. The third-order valence-electron chi connectivity index (χ3n) is 2.34. The molecule has 0 atom stereocenters. The summed E-state index contributed by atoms with van der Waals surface area (Å²) in [5.74, 6) is 1.75. The van der Waals surface area contributed by atoms with Crippen molar-refractivity contribution in [3.63, 3.8) is 0 Å². The van der Waals surface area contributed by atoms with Crippen molar-refractivity contribution in [1.29, 1.82) is 0 Å². The van der Waals surface area contributed by atoms with Gasteiger partial charge in [0, 0.05) is 26.3 Å². The predicted octanol–water partition coefficient (Wildman–Crippen LogP) is 1.42. The van der Waals surface area contributed by atoms with Gasteiger partial charge in [0.05, 0.1) is 13.0 Å². The Bertz CT molecular complexity index is 402. The lowest BCUT2D eigenvalue weighted by Crippen LogP contribution is -2.13. The number of hydrogen-bond donors (Lipinski definition) is 2. The molecule has 0 aliphatic rings. The van der Waals surface area contributed by atoms with Crippen LogP contribution in [0.1, 0.15) is 26.1 Å². The number of carbonyl (C=O) groups excluding carboxylic acids is 1. The molecule has 0 radical (unpaired) electrons. The number of rotatable bonds is 9. The molecule has 20 heavy (non-hydrogen) atoms. The van der Waals surface area contributed by atoms with Gasteiger partial charge in [-0.1, -0.05) is 0 Å². The maximum atomic E-state index is 11.2. The van der Waals surface area contributed by atoms with Crippen molar-refractivity contribution in [2.45, 2.75) is 26.9 Å². The first-order valence-electron chi connectivity index (χ1n) is 6.69. The van der Waals surface area contributed by atoms with Crippen molar-refractivity contribution >= 4 is 17.6 Å². The Hall–Kier alpha value is -1.89. The number of methoxy groups -OCH3 is 1. The number of aromatic nitrogens is 2. The quantitative estimate of drug-likeness (QED) is 0.662. The van der Waals surface area contributed by atoms with Gasteiger partial charge in [-0.25, -0.2) is 9.97 Å². The van der Waals surface area contributed by atoms with E-state index in [1.807, 2.05) is 6.92 Å². The molecule has 0 saturated carbocycles. The molecule has 1 heterocycles. The molecule has 0 bridgehead atoms. The normalized spacial score (nSPS) is 10.2. The summed E-state index contributed by atoms with van der Waals surface area (Å²) in [7, 11) is 1.59. The van der Waals surface area contributed by atoms with Crippen LogP contribution in [0.3, 0.4) is 0 Å². The van der Waals surface area contributed by atoms with Crippen molar-refractivity contribution in [3.05, 3.63) is 11.9 Å². The van der Waals surface area contributed by atoms with Crippen LogP contribution in [0.15, 0.2) is 6.07 Å². The summed E-state index contributed by atoms with van der Waals surface area (Å²) in [6.07, 6.45) is 0.300. The van der Waals surface area contributed by atoms with Crippen molar-refractivity contribution < 1.29 is 14.3 Å². The molecule has 0 unspecified atom stereocenters. The maximum Gasteiger partial charge on any atom is 0.307 e. The van der Waals surface area contributed by atoms with Crippen molar-refractivity contribution in [3.8, 4) is 0 Å². The van der Waals surface area contributed by atoms with Gasteiger partial charge in [-0.05, 0) is 13.8 Å². The molecular formula is C13H22N4O3. The van der Waals surface area contributed by atoms with E-state index in [9.17, 15) is 4.79 Å². The van der Waals surface area contributed by atoms with E-state index in [0.29, 0.717) is 37.8 Å². The molecular weight excluding hydrogens is 260 g/mol. The van der Waals surface area contributed by atoms with E-state index in [2.05, 4.69) is 20.6 Å². The van der Waals surface area contributed by atoms with Gasteiger partial charge in [-0.2, -0.15) is 0 Å². The molecule has 0 aromatic carbocycles. The molecule has 112 valence electrons. The zero-order valence-corrected chi connectivity index (χ0v) is 12.2. The maximum absolute atomic E-state index is 11.2. The largest absolute Gasteiger partial charge is 0.466 e. The first-order chi connectivity index (χ1) is 9.69. The first-order valence-corrected chi connectivity index (χ1v) is 6.69. The lowest BCUT2D eigenvalue weighted by molar-refractivity contribution is -0.142. The zero-order chi connectivity index (χ0) is 14.8. The summed E-state index contributed by atoms with van der Waals surface area (Å²) in [6, 6.07) is 1.80. The van der Waals surface area contributed by atoms with Gasteiger partial charge in [0.1, 0.15) is 18.2 Å². The van der Waals surface area contributed by atoms with E-state index in [-0.39, 0.29) is 5.97 Å². The molecule has 0 saturated heterocycles. The second-order valence-corrected chi connectivity index (χ2v) is 4.00. The topological polar surface area (TPSA) is 85.4 Å². The van der Waals surface area contributed by atoms with Crippen LogP contribution in [0, 0.1) is 0 Å². The Morgan fingerprint density at radius 2 is 1.95 bits per heavy atom. The summed E-state index contributed by atoms with van der Waals surface area (Å²) >= 11 is 0. The van der Waals surface area contributed by atoms with Gasteiger partial charge < -0.3 is 20.1 Å². The molecule has 0 fully saturated rings. The Kier molecular flexibility index (Phi) is 7.34. The van der Waals surface area contributed by atoms with Crippen LogP contribution in [0.5, 0.6) is 0 Å². The van der Waals surface area contributed by atoms with E-state index in [0.717, 1.165) is 12.4 Å². The highest BCUT2D eigenvalue weighted by molar-refractivity contribution is 5.70. The summed E-state index contributed by atoms with van der Waals surface area (Å²) in [5, 5.41) is 6.21. The number of carbonyl (C=O) groups is 1. The number of esters is 1. The summed E-state index contributed by atoms with van der Waals surface area (Å²) in [5.41, 5.74) is 0. The molecule has 7 nitrogen and oxygen atoms in total. The van der Waals surface area contributed by atoms with Gasteiger partial charge in [-0.3, -0.25) is 4.79 Å². The molecule has 1 rings (SSSR count). The van der Waals surface area contributed by atoms with Gasteiger partial charge in [-0.15, -0.1) is 0 Å². The monoisotopic (exact) mass is 282 g/mol. The smallest absolute Gasteiger partial charge is 0.307 e. The van der Waals surface area contributed by atoms with E-state index in [4.69, 9.17) is 9.47 Å². The third kappa shape index (κ3) is 5.83. The number of ether oxygens (including phenoxy) is 2. The molecule has 0 aliphatic heterocycles. The Morgan fingerprint density at radius 1 is 1.25 bits per heavy atom. The van der Waals surface area contributed by atoms with E-state index in [1.165, 1.54) is 0 Å². The van der Waals surface area contributed by atoms with Gasteiger partial charge in [0.15, 0.2) is 5.82 Å². The van der Waals surface area contributed by atoms with Crippen LogP contribution in [0.4, 0.5) is 11.6 Å². The minimum absolute atomic E-state index is 0.224. The SMILES string of the molecule is CCNc1cc(NCCC(=O)OCC)nc(COC)n1.